The van der Waals surface area contributed by atoms with Crippen molar-refractivity contribution >= 4 is 17.4 Å². The molecular formula is C27H26FN3O2. The number of carbonyl (C=O) groups excluding carboxylic acids is 1. The molecule has 0 radical (unpaired) electrons. The van der Waals surface area contributed by atoms with E-state index >= 15 is 0 Å². The fraction of sp³-hybridized carbons (Fsp3) is 0.259. The van der Waals surface area contributed by atoms with E-state index in [1.54, 1.807) is 18.2 Å². The lowest BCUT2D eigenvalue weighted by molar-refractivity contribution is -0.133. The molecule has 1 aliphatic carbocycles. The van der Waals surface area contributed by atoms with E-state index in [1.165, 1.54) is 31.4 Å². The number of anilines is 1. The van der Waals surface area contributed by atoms with Crippen molar-refractivity contribution in [1.29, 1.82) is 0 Å². The summed E-state index contributed by atoms with van der Waals surface area (Å²) in [5.74, 6) is 0.640. The molecule has 1 aliphatic rings. The number of nitrogens with zero attached hydrogens (tertiary/aromatic N) is 2. The molecule has 0 atom stereocenters. The number of halogens is 1. The van der Waals surface area contributed by atoms with Crippen LogP contribution in [0.15, 0.2) is 72.9 Å². The summed E-state index contributed by atoms with van der Waals surface area (Å²) in [5, 5.41) is 3.72. The molecule has 2 aromatic carbocycles. The lowest BCUT2D eigenvalue weighted by atomic mass is 9.95. The monoisotopic (exact) mass is 443 g/mol. The van der Waals surface area contributed by atoms with Gasteiger partial charge in [0.15, 0.2) is 0 Å². The molecule has 0 amide bonds. The Bertz CT molecular complexity index is 1260. The number of benzene rings is 2. The number of fused-ring (bicyclic) bond motifs is 1. The van der Waals surface area contributed by atoms with E-state index in [2.05, 4.69) is 9.72 Å². The van der Waals surface area contributed by atoms with Crippen molar-refractivity contribution in [3.63, 3.8) is 0 Å². The molecule has 2 heterocycles. The molecule has 1 fully saturated rings. The van der Waals surface area contributed by atoms with Gasteiger partial charge in [0, 0.05) is 17.8 Å². The minimum atomic E-state index is -0.403. The summed E-state index contributed by atoms with van der Waals surface area (Å²) in [6, 6.07) is 19.7. The van der Waals surface area contributed by atoms with E-state index < -0.39 is 5.97 Å². The smallest absolute Gasteiger partial charge is 0.315 e. The van der Waals surface area contributed by atoms with Crippen LogP contribution in [0, 0.1) is 5.82 Å². The zero-order valence-electron chi connectivity index (χ0n) is 18.3. The van der Waals surface area contributed by atoms with Gasteiger partial charge in [-0.15, -0.1) is 0 Å². The van der Waals surface area contributed by atoms with Crippen LogP contribution in [-0.4, -0.2) is 21.4 Å². The number of ether oxygens (including phenoxy) is 1. The van der Waals surface area contributed by atoms with Crippen LogP contribution in [0.1, 0.15) is 37.7 Å². The summed E-state index contributed by atoms with van der Waals surface area (Å²) < 4.78 is 21.0. The van der Waals surface area contributed by atoms with E-state index in [4.69, 9.17) is 9.72 Å². The first-order valence-corrected chi connectivity index (χ1v) is 11.5. The SMILES string of the molecule is O=C(Cc1ccc(F)cc1)Oc1ccccc1-c1nc2ccccn2c1NC1CCCCC1. The highest BCUT2D eigenvalue weighted by atomic mass is 19.1. The Morgan fingerprint density at radius 3 is 2.58 bits per heavy atom. The van der Waals surface area contributed by atoms with Crippen LogP contribution < -0.4 is 10.1 Å². The van der Waals surface area contributed by atoms with Crippen molar-refractivity contribution in [2.24, 2.45) is 0 Å². The molecule has 1 saturated carbocycles. The number of para-hydroxylation sites is 1. The van der Waals surface area contributed by atoms with Crippen LogP contribution in [-0.2, 0) is 11.2 Å². The molecule has 0 unspecified atom stereocenters. The third kappa shape index (κ3) is 4.75. The Hall–Kier alpha value is -3.67. The van der Waals surface area contributed by atoms with E-state index in [0.717, 1.165) is 35.6 Å². The summed E-state index contributed by atoms with van der Waals surface area (Å²) in [7, 11) is 0. The first kappa shape index (κ1) is 21.2. The van der Waals surface area contributed by atoms with Crippen molar-refractivity contribution in [3.05, 3.63) is 84.3 Å². The van der Waals surface area contributed by atoms with Gasteiger partial charge in [0.1, 0.15) is 28.7 Å². The molecule has 1 N–H and O–H groups in total. The van der Waals surface area contributed by atoms with E-state index in [1.807, 2.05) is 42.6 Å². The molecular weight excluding hydrogens is 417 g/mol. The fourth-order valence-electron chi connectivity index (χ4n) is 4.44. The van der Waals surface area contributed by atoms with Crippen molar-refractivity contribution in [1.82, 2.24) is 9.38 Å². The van der Waals surface area contributed by atoms with Gasteiger partial charge in [0.05, 0.1) is 6.42 Å². The molecule has 0 bridgehead atoms. The van der Waals surface area contributed by atoms with Crippen LogP contribution >= 0.6 is 0 Å². The summed E-state index contributed by atoms with van der Waals surface area (Å²) in [6.45, 7) is 0. The summed E-state index contributed by atoms with van der Waals surface area (Å²) in [4.78, 5) is 17.5. The molecule has 0 spiro atoms. The molecule has 5 rings (SSSR count). The van der Waals surface area contributed by atoms with E-state index in [-0.39, 0.29) is 12.2 Å². The number of pyridine rings is 1. The van der Waals surface area contributed by atoms with Gasteiger partial charge < -0.3 is 10.1 Å². The number of hydrogen-bond donors (Lipinski definition) is 1. The van der Waals surface area contributed by atoms with Crippen LogP contribution in [0.2, 0.25) is 0 Å². The molecule has 2 aromatic heterocycles. The summed E-state index contributed by atoms with van der Waals surface area (Å²) in [5.41, 5.74) is 3.05. The lowest BCUT2D eigenvalue weighted by Gasteiger charge is -2.24. The van der Waals surface area contributed by atoms with Crippen LogP contribution in [0.3, 0.4) is 0 Å². The maximum Gasteiger partial charge on any atom is 0.315 e. The zero-order chi connectivity index (χ0) is 22.6. The molecule has 0 aliphatic heterocycles. The Balaban J connectivity index is 1.47. The van der Waals surface area contributed by atoms with Crippen molar-refractivity contribution in [2.75, 3.05) is 5.32 Å². The first-order chi connectivity index (χ1) is 16.2. The number of carbonyl (C=O) groups is 1. The molecule has 168 valence electrons. The Kier molecular flexibility index (Phi) is 6.07. The number of esters is 1. The second-order valence-electron chi connectivity index (χ2n) is 8.49. The number of rotatable bonds is 6. The van der Waals surface area contributed by atoms with Gasteiger partial charge in [0.25, 0.3) is 0 Å². The van der Waals surface area contributed by atoms with Crippen LogP contribution in [0.5, 0.6) is 5.75 Å². The third-order valence-electron chi connectivity index (χ3n) is 6.10. The van der Waals surface area contributed by atoms with E-state index in [0.29, 0.717) is 17.4 Å². The Labute approximate surface area is 192 Å². The Morgan fingerprint density at radius 2 is 1.76 bits per heavy atom. The number of imidazole rings is 1. The zero-order valence-corrected chi connectivity index (χ0v) is 18.3. The highest BCUT2D eigenvalue weighted by Crippen LogP contribution is 2.36. The van der Waals surface area contributed by atoms with Crippen LogP contribution in [0.25, 0.3) is 16.9 Å². The minimum absolute atomic E-state index is 0.0625. The average Bonchev–Trinajstić information content (AvgIpc) is 3.20. The number of aromatic nitrogens is 2. The standard InChI is InChI=1S/C27H26FN3O2/c28-20-15-13-19(14-16-20)18-25(32)33-23-11-5-4-10-22(23)26-27(29-21-8-2-1-3-9-21)31-17-7-6-12-24(31)30-26/h4-7,10-17,21,29H,1-3,8-9,18H2. The fourth-order valence-corrected chi connectivity index (χ4v) is 4.44. The lowest BCUT2D eigenvalue weighted by Crippen LogP contribution is -2.23. The maximum atomic E-state index is 13.2. The quantitative estimate of drug-likeness (QED) is 0.292. The normalized spacial score (nSPS) is 14.3. The number of nitrogens with one attached hydrogen (secondary N) is 1. The highest BCUT2D eigenvalue weighted by Gasteiger charge is 2.22. The maximum absolute atomic E-state index is 13.2. The van der Waals surface area contributed by atoms with Gasteiger partial charge >= 0.3 is 5.97 Å². The van der Waals surface area contributed by atoms with Gasteiger partial charge in [-0.05, 0) is 54.8 Å². The predicted octanol–water partition coefficient (Wildman–Crippen LogP) is 6.03. The van der Waals surface area contributed by atoms with Crippen molar-refractivity contribution in [2.45, 2.75) is 44.6 Å². The van der Waals surface area contributed by atoms with Gasteiger partial charge in [-0.3, -0.25) is 9.20 Å². The second kappa shape index (κ2) is 9.45. The first-order valence-electron chi connectivity index (χ1n) is 11.5. The minimum Gasteiger partial charge on any atom is -0.426 e. The van der Waals surface area contributed by atoms with Gasteiger partial charge in [-0.2, -0.15) is 0 Å². The molecule has 33 heavy (non-hydrogen) atoms. The van der Waals surface area contributed by atoms with Gasteiger partial charge in [0.2, 0.25) is 0 Å². The summed E-state index contributed by atoms with van der Waals surface area (Å²) in [6.07, 6.45) is 8.06. The van der Waals surface area contributed by atoms with Gasteiger partial charge in [-0.25, -0.2) is 9.37 Å². The molecule has 5 nitrogen and oxygen atoms in total. The van der Waals surface area contributed by atoms with Gasteiger partial charge in [-0.1, -0.05) is 49.6 Å². The Morgan fingerprint density at radius 1 is 1.00 bits per heavy atom. The molecule has 0 saturated heterocycles. The average molecular weight is 444 g/mol. The number of hydrogen-bond acceptors (Lipinski definition) is 4. The van der Waals surface area contributed by atoms with Crippen molar-refractivity contribution in [3.8, 4) is 17.0 Å². The predicted molar refractivity (Wildman–Crippen MR) is 127 cm³/mol. The third-order valence-corrected chi connectivity index (χ3v) is 6.10. The molecule has 6 heteroatoms. The largest absolute Gasteiger partial charge is 0.426 e. The second-order valence-corrected chi connectivity index (χ2v) is 8.49. The highest BCUT2D eigenvalue weighted by molar-refractivity contribution is 5.83. The molecule has 4 aromatic rings. The van der Waals surface area contributed by atoms with E-state index in [9.17, 15) is 9.18 Å². The van der Waals surface area contributed by atoms with Crippen LogP contribution in [0.4, 0.5) is 10.2 Å². The topological polar surface area (TPSA) is 55.6 Å². The van der Waals surface area contributed by atoms with Crippen molar-refractivity contribution < 1.29 is 13.9 Å². The summed E-state index contributed by atoms with van der Waals surface area (Å²) >= 11 is 0.